The molecule has 86 valence electrons. The van der Waals surface area contributed by atoms with Crippen LogP contribution in [0.5, 0.6) is 0 Å². The van der Waals surface area contributed by atoms with E-state index in [1.165, 1.54) is 19.3 Å². The van der Waals surface area contributed by atoms with Gasteiger partial charge >= 0.3 is 0 Å². The zero-order valence-electron chi connectivity index (χ0n) is 9.52. The molecular formula is C12H17N3S. The number of nitrogens with zero attached hydrogens (tertiary/aromatic N) is 2. The van der Waals surface area contributed by atoms with E-state index in [1.54, 1.807) is 6.20 Å². The molecule has 0 amide bonds. The molecule has 1 saturated heterocycles. The van der Waals surface area contributed by atoms with E-state index in [0.717, 1.165) is 17.9 Å². The lowest BCUT2D eigenvalue weighted by molar-refractivity contribution is 0.640. The molecule has 2 heterocycles. The van der Waals surface area contributed by atoms with Gasteiger partial charge in [-0.2, -0.15) is 0 Å². The van der Waals surface area contributed by atoms with Crippen molar-refractivity contribution in [1.29, 1.82) is 0 Å². The maximum Gasteiger partial charge on any atom is 0.129 e. The molecule has 1 aromatic rings. The smallest absolute Gasteiger partial charge is 0.129 e. The average molecular weight is 235 g/mol. The van der Waals surface area contributed by atoms with Crippen molar-refractivity contribution >= 4 is 23.0 Å². The van der Waals surface area contributed by atoms with Crippen LogP contribution in [-0.4, -0.2) is 22.6 Å². The van der Waals surface area contributed by atoms with Crippen molar-refractivity contribution in [2.45, 2.75) is 32.2 Å². The van der Waals surface area contributed by atoms with E-state index in [9.17, 15) is 0 Å². The molecule has 3 nitrogen and oxygen atoms in total. The maximum absolute atomic E-state index is 5.63. The third kappa shape index (κ3) is 2.16. The summed E-state index contributed by atoms with van der Waals surface area (Å²) >= 11 is 4.99. The molecule has 1 aliphatic rings. The van der Waals surface area contributed by atoms with Gasteiger partial charge in [-0.3, -0.25) is 0 Å². The normalized spacial score (nSPS) is 20.1. The van der Waals surface area contributed by atoms with Crippen LogP contribution in [0.3, 0.4) is 0 Å². The zero-order valence-corrected chi connectivity index (χ0v) is 10.3. The first-order valence-electron chi connectivity index (χ1n) is 5.75. The predicted octanol–water partition coefficient (Wildman–Crippen LogP) is 2.09. The Hall–Kier alpha value is -1.16. The average Bonchev–Trinajstić information content (AvgIpc) is 2.77. The standard InChI is InChI=1S/C12H17N3S/c1-2-10-4-3-7-15(10)11-8-9(12(13)16)5-6-14-11/h5-6,8,10H,2-4,7H2,1H3,(H2,13,16). The maximum atomic E-state index is 5.63. The van der Waals surface area contributed by atoms with E-state index in [0.29, 0.717) is 11.0 Å². The number of aromatic nitrogens is 1. The first kappa shape index (κ1) is 11.3. The molecule has 2 rings (SSSR count). The molecule has 0 spiro atoms. The van der Waals surface area contributed by atoms with Gasteiger partial charge in [0, 0.05) is 24.3 Å². The van der Waals surface area contributed by atoms with Crippen molar-refractivity contribution in [3.05, 3.63) is 23.9 Å². The highest BCUT2D eigenvalue weighted by atomic mass is 32.1. The lowest BCUT2D eigenvalue weighted by atomic mass is 10.1. The number of thiocarbonyl (C=S) groups is 1. The summed E-state index contributed by atoms with van der Waals surface area (Å²) in [7, 11) is 0. The van der Waals surface area contributed by atoms with Gasteiger partial charge in [0.05, 0.1) is 0 Å². The molecule has 2 N–H and O–H groups in total. The van der Waals surface area contributed by atoms with Crippen molar-refractivity contribution in [3.8, 4) is 0 Å². The SMILES string of the molecule is CCC1CCCN1c1cc(C(N)=S)ccn1. The van der Waals surface area contributed by atoms with E-state index in [2.05, 4.69) is 16.8 Å². The van der Waals surface area contributed by atoms with Gasteiger partial charge in [-0.05, 0) is 31.4 Å². The van der Waals surface area contributed by atoms with Crippen LogP contribution >= 0.6 is 12.2 Å². The number of hydrogen-bond acceptors (Lipinski definition) is 3. The summed E-state index contributed by atoms with van der Waals surface area (Å²) in [6.07, 6.45) is 5.46. The molecule has 1 aromatic heterocycles. The minimum Gasteiger partial charge on any atom is -0.389 e. The lowest BCUT2D eigenvalue weighted by Crippen LogP contribution is -2.29. The highest BCUT2D eigenvalue weighted by Gasteiger charge is 2.23. The molecule has 4 heteroatoms. The van der Waals surface area contributed by atoms with Crippen LogP contribution in [0.1, 0.15) is 31.7 Å². The number of hydrogen-bond donors (Lipinski definition) is 1. The number of anilines is 1. The monoisotopic (exact) mass is 235 g/mol. The van der Waals surface area contributed by atoms with Crippen molar-refractivity contribution in [1.82, 2.24) is 4.98 Å². The Kier molecular flexibility index (Phi) is 3.39. The fraction of sp³-hybridized carbons (Fsp3) is 0.500. The Morgan fingerprint density at radius 2 is 2.50 bits per heavy atom. The van der Waals surface area contributed by atoms with Crippen molar-refractivity contribution in [2.24, 2.45) is 5.73 Å². The quantitative estimate of drug-likeness (QED) is 0.815. The van der Waals surface area contributed by atoms with E-state index in [1.807, 2.05) is 12.1 Å². The van der Waals surface area contributed by atoms with Gasteiger partial charge < -0.3 is 10.6 Å². The van der Waals surface area contributed by atoms with E-state index in [-0.39, 0.29) is 0 Å². The third-order valence-corrected chi connectivity index (χ3v) is 3.41. The predicted molar refractivity (Wildman–Crippen MR) is 70.8 cm³/mol. The van der Waals surface area contributed by atoms with Crippen molar-refractivity contribution in [2.75, 3.05) is 11.4 Å². The van der Waals surface area contributed by atoms with Gasteiger partial charge in [0.1, 0.15) is 10.8 Å². The molecule has 0 aliphatic carbocycles. The Labute approximate surface area is 102 Å². The Morgan fingerprint density at radius 1 is 1.69 bits per heavy atom. The fourth-order valence-electron chi connectivity index (χ4n) is 2.29. The summed E-state index contributed by atoms with van der Waals surface area (Å²) in [4.78, 5) is 7.22. The van der Waals surface area contributed by atoms with Crippen LogP contribution in [0.2, 0.25) is 0 Å². The second-order valence-corrected chi connectivity index (χ2v) is 4.60. The summed E-state index contributed by atoms with van der Waals surface area (Å²) in [5.74, 6) is 1.01. The second-order valence-electron chi connectivity index (χ2n) is 4.16. The van der Waals surface area contributed by atoms with Gasteiger partial charge in [0.25, 0.3) is 0 Å². The fourth-order valence-corrected chi connectivity index (χ4v) is 2.42. The third-order valence-electron chi connectivity index (χ3n) is 3.17. The molecule has 16 heavy (non-hydrogen) atoms. The van der Waals surface area contributed by atoms with E-state index in [4.69, 9.17) is 18.0 Å². The lowest BCUT2D eigenvalue weighted by Gasteiger charge is -2.24. The molecule has 0 radical (unpaired) electrons. The first-order valence-corrected chi connectivity index (χ1v) is 6.15. The van der Waals surface area contributed by atoms with Crippen LogP contribution in [-0.2, 0) is 0 Å². The van der Waals surface area contributed by atoms with Gasteiger partial charge in [-0.25, -0.2) is 4.98 Å². The zero-order chi connectivity index (χ0) is 11.5. The number of pyridine rings is 1. The largest absolute Gasteiger partial charge is 0.389 e. The van der Waals surface area contributed by atoms with Gasteiger partial charge in [0.2, 0.25) is 0 Å². The first-order chi connectivity index (χ1) is 7.72. The second kappa shape index (κ2) is 4.78. The number of rotatable bonds is 3. The number of nitrogens with two attached hydrogens (primary N) is 1. The molecule has 0 saturated carbocycles. The molecular weight excluding hydrogens is 218 g/mol. The highest BCUT2D eigenvalue weighted by molar-refractivity contribution is 7.80. The van der Waals surface area contributed by atoms with Crippen LogP contribution in [0.4, 0.5) is 5.82 Å². The summed E-state index contributed by atoms with van der Waals surface area (Å²) in [6.45, 7) is 3.31. The molecule has 1 unspecified atom stereocenters. The van der Waals surface area contributed by atoms with Crippen LogP contribution < -0.4 is 10.6 Å². The molecule has 0 bridgehead atoms. The van der Waals surface area contributed by atoms with Crippen LogP contribution in [0, 0.1) is 0 Å². The van der Waals surface area contributed by atoms with Crippen LogP contribution in [0.15, 0.2) is 18.3 Å². The minimum atomic E-state index is 0.441. The van der Waals surface area contributed by atoms with Gasteiger partial charge in [-0.1, -0.05) is 19.1 Å². The highest BCUT2D eigenvalue weighted by Crippen LogP contribution is 2.25. The van der Waals surface area contributed by atoms with Gasteiger partial charge in [0.15, 0.2) is 0 Å². The molecule has 1 aliphatic heterocycles. The van der Waals surface area contributed by atoms with Crippen LogP contribution in [0.25, 0.3) is 0 Å². The Morgan fingerprint density at radius 3 is 3.19 bits per heavy atom. The van der Waals surface area contributed by atoms with Crippen molar-refractivity contribution < 1.29 is 0 Å². The summed E-state index contributed by atoms with van der Waals surface area (Å²) < 4.78 is 0. The summed E-state index contributed by atoms with van der Waals surface area (Å²) in [6, 6.07) is 4.48. The molecule has 1 atom stereocenters. The van der Waals surface area contributed by atoms with Crippen molar-refractivity contribution in [3.63, 3.8) is 0 Å². The Balaban J connectivity index is 2.26. The summed E-state index contributed by atoms with van der Waals surface area (Å²) in [5.41, 5.74) is 6.54. The summed E-state index contributed by atoms with van der Waals surface area (Å²) in [5, 5.41) is 0. The minimum absolute atomic E-state index is 0.441. The topological polar surface area (TPSA) is 42.1 Å². The van der Waals surface area contributed by atoms with Gasteiger partial charge in [-0.15, -0.1) is 0 Å². The van der Waals surface area contributed by atoms with E-state index >= 15 is 0 Å². The molecule has 1 fully saturated rings. The Bertz CT molecular complexity index is 392. The molecule has 0 aromatic carbocycles. The van der Waals surface area contributed by atoms with E-state index < -0.39 is 0 Å².